The first-order valence-corrected chi connectivity index (χ1v) is 5.01. The van der Waals surface area contributed by atoms with Crippen molar-refractivity contribution in [1.82, 2.24) is 19.6 Å². The van der Waals surface area contributed by atoms with E-state index in [1.54, 1.807) is 6.20 Å². The number of halogens is 3. The Morgan fingerprint density at radius 3 is 2.76 bits per heavy atom. The van der Waals surface area contributed by atoms with E-state index in [9.17, 15) is 13.2 Å². The zero-order chi connectivity index (χ0) is 12.1. The molecule has 2 aromatic rings. The second-order valence-electron chi connectivity index (χ2n) is 4.04. The number of fused-ring (bicyclic) bond motifs is 1. The third kappa shape index (κ3) is 1.51. The van der Waals surface area contributed by atoms with Gasteiger partial charge in [0.25, 0.3) is 0 Å². The van der Waals surface area contributed by atoms with Crippen molar-refractivity contribution in [1.29, 1.82) is 0 Å². The van der Waals surface area contributed by atoms with E-state index < -0.39 is 11.7 Å². The van der Waals surface area contributed by atoms with Gasteiger partial charge in [-0.1, -0.05) is 0 Å². The Morgan fingerprint density at radius 1 is 1.35 bits per heavy atom. The molecule has 0 aliphatic heterocycles. The molecule has 90 valence electrons. The summed E-state index contributed by atoms with van der Waals surface area (Å²) in [5.74, 6) is 0.111. The first kappa shape index (κ1) is 10.3. The van der Waals surface area contributed by atoms with Gasteiger partial charge < -0.3 is 5.32 Å². The number of nitrogens with zero attached hydrogens (tertiary/aromatic N) is 4. The van der Waals surface area contributed by atoms with Gasteiger partial charge in [0.2, 0.25) is 5.65 Å². The third-order valence-electron chi connectivity index (χ3n) is 2.87. The summed E-state index contributed by atoms with van der Waals surface area (Å²) in [5.41, 5.74) is -1.55. The lowest BCUT2D eigenvalue weighted by Crippen LogP contribution is -2.39. The van der Waals surface area contributed by atoms with Crippen LogP contribution in [0.4, 0.5) is 19.0 Å². The first-order valence-electron chi connectivity index (χ1n) is 5.01. The molecule has 0 amide bonds. The summed E-state index contributed by atoms with van der Waals surface area (Å²) < 4.78 is 39.8. The Balaban J connectivity index is 1.98. The molecule has 0 bridgehead atoms. The smallest absolute Gasteiger partial charge is 0.353 e. The number of alkyl halides is 3. The maximum Gasteiger partial charge on any atom is 0.411 e. The Hall–Kier alpha value is -1.86. The van der Waals surface area contributed by atoms with Gasteiger partial charge in [0.15, 0.2) is 5.82 Å². The number of hydrogen-bond donors (Lipinski definition) is 1. The number of hydrogen-bond acceptors (Lipinski definition) is 4. The van der Waals surface area contributed by atoms with Crippen LogP contribution in [0.3, 0.4) is 0 Å². The summed E-state index contributed by atoms with van der Waals surface area (Å²) in [4.78, 5) is 3.88. The van der Waals surface area contributed by atoms with E-state index >= 15 is 0 Å². The van der Waals surface area contributed by atoms with E-state index in [-0.39, 0.29) is 18.7 Å². The minimum atomic E-state index is -4.28. The standard InChI is InChI=1S/C9H8F3N5/c10-9(11,12)8(1-2-8)15-6-7-16-14-5-17(7)4-3-13-6/h3-5H,1-2H2,(H,13,15). The molecule has 1 N–H and O–H groups in total. The molecular weight excluding hydrogens is 235 g/mol. The van der Waals surface area contributed by atoms with Gasteiger partial charge in [0.1, 0.15) is 11.9 Å². The number of rotatable bonds is 2. The number of nitrogens with one attached hydrogen (secondary N) is 1. The molecule has 1 aliphatic rings. The predicted molar refractivity (Wildman–Crippen MR) is 52.4 cm³/mol. The van der Waals surface area contributed by atoms with Gasteiger partial charge in [-0.25, -0.2) is 4.98 Å². The van der Waals surface area contributed by atoms with Gasteiger partial charge in [-0.05, 0) is 12.8 Å². The van der Waals surface area contributed by atoms with Crippen LogP contribution in [0.5, 0.6) is 0 Å². The molecule has 0 unspecified atom stereocenters. The minimum absolute atomic E-state index is 0.0629. The van der Waals surface area contributed by atoms with Crippen molar-refractivity contribution in [3.8, 4) is 0 Å². The van der Waals surface area contributed by atoms with Gasteiger partial charge in [-0.15, -0.1) is 10.2 Å². The van der Waals surface area contributed by atoms with Crippen LogP contribution in [-0.4, -0.2) is 31.3 Å². The van der Waals surface area contributed by atoms with Crippen LogP contribution in [0.1, 0.15) is 12.8 Å². The maximum absolute atomic E-state index is 12.8. The van der Waals surface area contributed by atoms with E-state index in [1.165, 1.54) is 16.9 Å². The molecule has 1 saturated carbocycles. The average Bonchev–Trinajstić information content (AvgIpc) is 2.89. The summed E-state index contributed by atoms with van der Waals surface area (Å²) in [7, 11) is 0. The van der Waals surface area contributed by atoms with Crippen LogP contribution in [0.15, 0.2) is 18.7 Å². The molecule has 0 radical (unpaired) electrons. The molecule has 0 spiro atoms. The van der Waals surface area contributed by atoms with Crippen molar-refractivity contribution in [2.75, 3.05) is 5.32 Å². The molecule has 3 rings (SSSR count). The quantitative estimate of drug-likeness (QED) is 0.871. The lowest BCUT2D eigenvalue weighted by Gasteiger charge is -2.21. The molecule has 8 heteroatoms. The summed E-state index contributed by atoms with van der Waals surface area (Å²) >= 11 is 0. The second-order valence-corrected chi connectivity index (χ2v) is 4.04. The molecule has 0 aromatic carbocycles. The molecule has 0 saturated heterocycles. The van der Waals surface area contributed by atoms with Crippen LogP contribution >= 0.6 is 0 Å². The Bertz CT molecular complexity index is 557. The predicted octanol–water partition coefficient (Wildman–Crippen LogP) is 1.63. The van der Waals surface area contributed by atoms with Crippen molar-refractivity contribution in [2.45, 2.75) is 24.6 Å². The van der Waals surface area contributed by atoms with E-state index in [0.29, 0.717) is 5.65 Å². The first-order chi connectivity index (χ1) is 8.02. The van der Waals surface area contributed by atoms with Crippen molar-refractivity contribution >= 4 is 11.5 Å². The Morgan fingerprint density at radius 2 is 2.12 bits per heavy atom. The lowest BCUT2D eigenvalue weighted by molar-refractivity contribution is -0.151. The highest BCUT2D eigenvalue weighted by Crippen LogP contribution is 2.51. The van der Waals surface area contributed by atoms with Crippen LogP contribution in [0.25, 0.3) is 5.65 Å². The van der Waals surface area contributed by atoms with Crippen LogP contribution in [0.2, 0.25) is 0 Å². The average molecular weight is 243 g/mol. The van der Waals surface area contributed by atoms with Gasteiger partial charge in [-0.2, -0.15) is 13.2 Å². The maximum atomic E-state index is 12.8. The van der Waals surface area contributed by atoms with Gasteiger partial charge in [0, 0.05) is 12.4 Å². The summed E-state index contributed by atoms with van der Waals surface area (Å²) in [6.45, 7) is 0. The minimum Gasteiger partial charge on any atom is -0.353 e. The molecule has 2 heterocycles. The highest BCUT2D eigenvalue weighted by molar-refractivity contribution is 5.63. The van der Waals surface area contributed by atoms with Gasteiger partial charge in [-0.3, -0.25) is 4.40 Å². The molecule has 1 fully saturated rings. The van der Waals surface area contributed by atoms with E-state index in [2.05, 4.69) is 20.5 Å². The van der Waals surface area contributed by atoms with Gasteiger partial charge >= 0.3 is 6.18 Å². The largest absolute Gasteiger partial charge is 0.411 e. The topological polar surface area (TPSA) is 55.1 Å². The lowest BCUT2D eigenvalue weighted by atomic mass is 10.2. The van der Waals surface area contributed by atoms with Crippen LogP contribution in [-0.2, 0) is 0 Å². The highest BCUT2D eigenvalue weighted by atomic mass is 19.4. The Kier molecular flexibility index (Phi) is 1.87. The van der Waals surface area contributed by atoms with Crippen molar-refractivity contribution in [3.05, 3.63) is 18.7 Å². The summed E-state index contributed by atoms with van der Waals surface area (Å²) in [6.07, 6.45) is 0.246. The summed E-state index contributed by atoms with van der Waals surface area (Å²) in [6, 6.07) is 0. The fraction of sp³-hybridized carbons (Fsp3) is 0.444. The van der Waals surface area contributed by atoms with E-state index in [1.807, 2.05) is 0 Å². The zero-order valence-corrected chi connectivity index (χ0v) is 8.57. The number of aromatic nitrogens is 4. The van der Waals surface area contributed by atoms with Crippen molar-refractivity contribution < 1.29 is 13.2 Å². The normalized spacial score (nSPS) is 18.3. The second kappa shape index (κ2) is 3.08. The van der Waals surface area contributed by atoms with Crippen molar-refractivity contribution in [2.24, 2.45) is 0 Å². The molecular formula is C9H8F3N5. The molecule has 0 atom stereocenters. The molecule has 1 aliphatic carbocycles. The van der Waals surface area contributed by atoms with Crippen molar-refractivity contribution in [3.63, 3.8) is 0 Å². The zero-order valence-electron chi connectivity index (χ0n) is 8.57. The van der Waals surface area contributed by atoms with Crippen LogP contribution in [0, 0.1) is 0 Å². The monoisotopic (exact) mass is 243 g/mol. The van der Waals surface area contributed by atoms with Crippen LogP contribution < -0.4 is 5.32 Å². The molecule has 5 nitrogen and oxygen atoms in total. The number of anilines is 1. The van der Waals surface area contributed by atoms with E-state index in [0.717, 1.165) is 0 Å². The highest BCUT2D eigenvalue weighted by Gasteiger charge is 2.63. The van der Waals surface area contributed by atoms with Gasteiger partial charge in [0.05, 0.1) is 0 Å². The Labute approximate surface area is 93.7 Å². The third-order valence-corrected chi connectivity index (χ3v) is 2.87. The fourth-order valence-electron chi connectivity index (χ4n) is 1.68. The summed E-state index contributed by atoms with van der Waals surface area (Å²) in [5, 5.41) is 9.80. The molecule has 2 aromatic heterocycles. The SMILES string of the molecule is FC(F)(F)C1(Nc2nccn3cnnc23)CC1. The molecule has 17 heavy (non-hydrogen) atoms. The van der Waals surface area contributed by atoms with E-state index in [4.69, 9.17) is 0 Å². The fourth-order valence-corrected chi connectivity index (χ4v) is 1.68.